The maximum Gasteiger partial charge on any atom is 0.0485 e. The van der Waals surface area contributed by atoms with Crippen LogP contribution in [0.4, 0.5) is 0 Å². The lowest BCUT2D eigenvalue weighted by Crippen LogP contribution is -2.11. The van der Waals surface area contributed by atoms with Crippen LogP contribution in [0.5, 0.6) is 0 Å². The van der Waals surface area contributed by atoms with E-state index in [1.165, 1.54) is 27.7 Å². The first-order chi connectivity index (χ1) is 9.66. The maximum atomic E-state index is 2.29. The highest BCUT2D eigenvalue weighted by atomic mass is 15.1. The molecule has 1 aromatic heterocycles. The fourth-order valence-electron chi connectivity index (χ4n) is 2.80. The Morgan fingerprint density at radius 1 is 1.10 bits per heavy atom. The summed E-state index contributed by atoms with van der Waals surface area (Å²) >= 11 is 0. The molecule has 0 saturated heterocycles. The zero-order chi connectivity index (χ0) is 14.1. The molecule has 0 unspecified atom stereocenters. The van der Waals surface area contributed by atoms with Gasteiger partial charge >= 0.3 is 0 Å². The molecule has 2 aromatic rings. The van der Waals surface area contributed by atoms with E-state index in [0.29, 0.717) is 0 Å². The molecule has 0 aliphatic heterocycles. The molecule has 1 aromatic carbocycles. The van der Waals surface area contributed by atoms with Gasteiger partial charge in [-0.05, 0) is 37.4 Å². The van der Waals surface area contributed by atoms with Gasteiger partial charge in [-0.2, -0.15) is 0 Å². The minimum atomic E-state index is 0.952. The third-order valence-electron chi connectivity index (χ3n) is 3.73. The predicted octanol–water partition coefficient (Wildman–Crippen LogP) is 3.75. The number of para-hydroxylation sites is 1. The van der Waals surface area contributed by atoms with E-state index >= 15 is 0 Å². The van der Waals surface area contributed by atoms with E-state index in [2.05, 4.69) is 85.3 Å². The van der Waals surface area contributed by atoms with Gasteiger partial charge in [0.25, 0.3) is 0 Å². The molecule has 102 valence electrons. The van der Waals surface area contributed by atoms with E-state index in [4.69, 9.17) is 0 Å². The SMILES string of the molecule is CN(C)Cc1c(C=C2C=CC=C2)n(C)c2ccccc12. The standard InChI is InChI=1S/C18H20N2/c1-19(2)13-16-15-10-6-7-11-17(15)20(3)18(16)12-14-8-4-5-9-14/h4-12H,13H2,1-3H3. The van der Waals surface area contributed by atoms with Crippen molar-refractivity contribution in [3.8, 4) is 0 Å². The largest absolute Gasteiger partial charge is 0.344 e. The van der Waals surface area contributed by atoms with Gasteiger partial charge in [-0.1, -0.05) is 42.5 Å². The fourth-order valence-corrected chi connectivity index (χ4v) is 2.80. The van der Waals surface area contributed by atoms with E-state index in [1.807, 2.05) is 0 Å². The van der Waals surface area contributed by atoms with Crippen molar-refractivity contribution in [3.63, 3.8) is 0 Å². The molecule has 0 atom stereocenters. The second-order valence-corrected chi connectivity index (χ2v) is 5.54. The summed E-state index contributed by atoms with van der Waals surface area (Å²) in [6, 6.07) is 8.63. The Bertz CT molecular complexity index is 713. The van der Waals surface area contributed by atoms with E-state index in [9.17, 15) is 0 Å². The molecule has 1 aliphatic rings. The monoisotopic (exact) mass is 264 g/mol. The summed E-state index contributed by atoms with van der Waals surface area (Å²) in [6.07, 6.45) is 10.7. The number of rotatable bonds is 3. The molecule has 0 amide bonds. The third kappa shape index (κ3) is 2.23. The molecule has 0 radical (unpaired) electrons. The number of hydrogen-bond donors (Lipinski definition) is 0. The van der Waals surface area contributed by atoms with Gasteiger partial charge in [0.15, 0.2) is 0 Å². The highest BCUT2D eigenvalue weighted by Crippen LogP contribution is 2.28. The second kappa shape index (κ2) is 5.14. The van der Waals surface area contributed by atoms with E-state index in [-0.39, 0.29) is 0 Å². The number of hydrogen-bond acceptors (Lipinski definition) is 1. The van der Waals surface area contributed by atoms with E-state index < -0.39 is 0 Å². The molecule has 2 nitrogen and oxygen atoms in total. The summed E-state index contributed by atoms with van der Waals surface area (Å²) in [5, 5.41) is 1.35. The number of benzene rings is 1. The van der Waals surface area contributed by atoms with Crippen LogP contribution in [0.15, 0.2) is 54.1 Å². The smallest absolute Gasteiger partial charge is 0.0485 e. The van der Waals surface area contributed by atoms with Crippen LogP contribution in [0.3, 0.4) is 0 Å². The van der Waals surface area contributed by atoms with Gasteiger partial charge in [0, 0.05) is 30.2 Å². The molecule has 0 fully saturated rings. The minimum Gasteiger partial charge on any atom is -0.344 e. The van der Waals surface area contributed by atoms with Crippen LogP contribution in [0.25, 0.3) is 17.0 Å². The molecule has 0 bridgehead atoms. The number of nitrogens with zero attached hydrogens (tertiary/aromatic N) is 2. The molecule has 0 N–H and O–H groups in total. The van der Waals surface area contributed by atoms with Crippen molar-refractivity contribution >= 4 is 17.0 Å². The summed E-state index contributed by atoms with van der Waals surface area (Å²) in [5.41, 5.74) is 5.25. The molecule has 0 saturated carbocycles. The average Bonchev–Trinajstić information content (AvgIpc) is 3.02. The van der Waals surface area contributed by atoms with Gasteiger partial charge < -0.3 is 9.47 Å². The molecular weight excluding hydrogens is 244 g/mol. The van der Waals surface area contributed by atoms with E-state index in [0.717, 1.165) is 6.54 Å². The normalized spacial score (nSPS) is 13.9. The zero-order valence-corrected chi connectivity index (χ0v) is 12.3. The summed E-state index contributed by atoms with van der Waals surface area (Å²) in [4.78, 5) is 2.23. The van der Waals surface area contributed by atoms with Crippen molar-refractivity contribution in [2.75, 3.05) is 14.1 Å². The Kier molecular flexibility index (Phi) is 3.33. The highest BCUT2D eigenvalue weighted by Gasteiger charge is 2.14. The molecule has 1 heterocycles. The van der Waals surface area contributed by atoms with Crippen LogP contribution in [0.1, 0.15) is 11.3 Å². The molecular formula is C18H20N2. The van der Waals surface area contributed by atoms with Gasteiger partial charge in [-0.3, -0.25) is 0 Å². The van der Waals surface area contributed by atoms with Crippen LogP contribution in [0, 0.1) is 0 Å². The van der Waals surface area contributed by atoms with Crippen molar-refractivity contribution < 1.29 is 0 Å². The van der Waals surface area contributed by atoms with Crippen molar-refractivity contribution in [1.29, 1.82) is 0 Å². The van der Waals surface area contributed by atoms with Crippen LogP contribution in [0.2, 0.25) is 0 Å². The third-order valence-corrected chi connectivity index (χ3v) is 3.73. The molecule has 2 heteroatoms. The zero-order valence-electron chi connectivity index (χ0n) is 12.3. The minimum absolute atomic E-state index is 0.952. The molecule has 1 aliphatic carbocycles. The first-order valence-electron chi connectivity index (χ1n) is 6.94. The number of aryl methyl sites for hydroxylation is 1. The van der Waals surface area contributed by atoms with Gasteiger partial charge in [0.05, 0.1) is 0 Å². The Labute approximate surface area is 120 Å². The van der Waals surface area contributed by atoms with E-state index in [1.54, 1.807) is 0 Å². The second-order valence-electron chi connectivity index (χ2n) is 5.54. The highest BCUT2D eigenvalue weighted by molar-refractivity contribution is 5.88. The Morgan fingerprint density at radius 3 is 2.50 bits per heavy atom. The van der Waals surface area contributed by atoms with Gasteiger partial charge in [0.2, 0.25) is 0 Å². The summed E-state index contributed by atoms with van der Waals surface area (Å²) in [5.74, 6) is 0. The van der Waals surface area contributed by atoms with Crippen LogP contribution >= 0.6 is 0 Å². The lowest BCUT2D eigenvalue weighted by molar-refractivity contribution is 0.403. The van der Waals surface area contributed by atoms with Crippen molar-refractivity contribution in [2.45, 2.75) is 6.54 Å². The van der Waals surface area contributed by atoms with Crippen molar-refractivity contribution in [3.05, 3.63) is 65.4 Å². The lowest BCUT2D eigenvalue weighted by Gasteiger charge is -2.11. The Balaban J connectivity index is 2.23. The Hall–Kier alpha value is -2.06. The first-order valence-corrected chi connectivity index (χ1v) is 6.94. The summed E-state index contributed by atoms with van der Waals surface area (Å²) in [7, 11) is 6.39. The summed E-state index contributed by atoms with van der Waals surface area (Å²) in [6.45, 7) is 0.952. The van der Waals surface area contributed by atoms with Crippen LogP contribution in [-0.2, 0) is 13.6 Å². The number of fused-ring (bicyclic) bond motifs is 1. The van der Waals surface area contributed by atoms with Crippen molar-refractivity contribution in [2.24, 2.45) is 7.05 Å². The van der Waals surface area contributed by atoms with Crippen LogP contribution < -0.4 is 0 Å². The van der Waals surface area contributed by atoms with Gasteiger partial charge in [-0.25, -0.2) is 0 Å². The van der Waals surface area contributed by atoms with Gasteiger partial charge in [0.1, 0.15) is 0 Å². The quantitative estimate of drug-likeness (QED) is 0.819. The summed E-state index contributed by atoms with van der Waals surface area (Å²) < 4.78 is 2.29. The first kappa shape index (κ1) is 12.9. The van der Waals surface area contributed by atoms with Crippen molar-refractivity contribution in [1.82, 2.24) is 9.47 Å². The van der Waals surface area contributed by atoms with Crippen LogP contribution in [-0.4, -0.2) is 23.6 Å². The maximum absolute atomic E-state index is 2.29. The Morgan fingerprint density at radius 2 is 1.80 bits per heavy atom. The molecule has 0 spiro atoms. The predicted molar refractivity (Wildman–Crippen MR) is 86.6 cm³/mol. The molecule has 3 rings (SSSR count). The number of aromatic nitrogens is 1. The number of allylic oxidation sites excluding steroid dienone is 5. The molecule has 20 heavy (non-hydrogen) atoms. The average molecular weight is 264 g/mol. The fraction of sp³-hybridized carbons (Fsp3) is 0.222. The van der Waals surface area contributed by atoms with Gasteiger partial charge in [-0.15, -0.1) is 0 Å². The lowest BCUT2D eigenvalue weighted by atomic mass is 10.1. The topological polar surface area (TPSA) is 8.17 Å².